The first kappa shape index (κ1) is 22.8. The predicted molar refractivity (Wildman–Crippen MR) is 133 cm³/mol. The molecule has 1 aliphatic carbocycles. The van der Waals surface area contributed by atoms with Crippen LogP contribution >= 0.6 is 6.04 Å². The van der Waals surface area contributed by atoms with Crippen LogP contribution in [-0.2, 0) is 32.2 Å². The lowest BCUT2D eigenvalue weighted by Crippen LogP contribution is -2.41. The second-order valence-electron chi connectivity index (χ2n) is 11.2. The molecule has 0 aromatic heterocycles. The van der Waals surface area contributed by atoms with Crippen molar-refractivity contribution < 1.29 is 14.3 Å². The molecule has 174 valence electrons. The molecule has 1 saturated carbocycles. The van der Waals surface area contributed by atoms with Gasteiger partial charge in [-0.15, -0.1) is 0 Å². The molecule has 2 saturated heterocycles. The van der Waals surface area contributed by atoms with Crippen LogP contribution in [0.5, 0.6) is 0 Å². The Labute approximate surface area is 198 Å². The molecule has 3 unspecified atom stereocenters. The second kappa shape index (κ2) is 8.36. The van der Waals surface area contributed by atoms with Crippen molar-refractivity contribution >= 4 is 23.8 Å². The number of carbonyl (C=O) groups is 1. The van der Waals surface area contributed by atoms with E-state index in [9.17, 15) is 4.79 Å². The summed E-state index contributed by atoms with van der Waals surface area (Å²) >= 11 is 6.57. The first-order valence-electron chi connectivity index (χ1n) is 12.4. The van der Waals surface area contributed by atoms with Gasteiger partial charge >= 0.3 is 5.97 Å². The lowest BCUT2D eigenvalue weighted by molar-refractivity contribution is -0.195. The average molecular weight is 473 g/mol. The average Bonchev–Trinajstić information content (AvgIpc) is 3.25. The van der Waals surface area contributed by atoms with E-state index in [1.807, 2.05) is 0 Å². The fourth-order valence-corrected chi connectivity index (χ4v) is 14.5. The van der Waals surface area contributed by atoms with Crippen molar-refractivity contribution in [3.63, 3.8) is 0 Å². The number of ether oxygens (including phenoxy) is 2. The maximum atomic E-state index is 13.2. The first-order chi connectivity index (χ1) is 15.2. The van der Waals surface area contributed by atoms with Gasteiger partial charge in [-0.1, -0.05) is 80.5 Å². The van der Waals surface area contributed by atoms with Gasteiger partial charge in [0.25, 0.3) is 0 Å². The molecule has 0 radical (unpaired) electrons. The highest BCUT2D eigenvalue weighted by molar-refractivity contribution is 8.15. The van der Waals surface area contributed by atoms with E-state index in [0.29, 0.717) is 17.8 Å². The lowest BCUT2D eigenvalue weighted by Gasteiger charge is -2.39. The second-order valence-corrected chi connectivity index (χ2v) is 16.3. The number of benzene rings is 1. The van der Waals surface area contributed by atoms with E-state index in [4.69, 9.17) is 21.3 Å². The highest BCUT2D eigenvalue weighted by Gasteiger charge is 2.68. The molecular formula is C27H37O3PS. The van der Waals surface area contributed by atoms with Crippen LogP contribution in [0.4, 0.5) is 0 Å². The highest BCUT2D eigenvalue weighted by atomic mass is 32.4. The molecule has 0 N–H and O–H groups in total. The number of hydrogen-bond donors (Lipinski definition) is 0. The molecule has 0 spiro atoms. The molecule has 3 aliphatic heterocycles. The van der Waals surface area contributed by atoms with E-state index in [0.717, 1.165) is 12.6 Å². The van der Waals surface area contributed by atoms with E-state index in [-0.39, 0.29) is 35.2 Å². The summed E-state index contributed by atoms with van der Waals surface area (Å²) in [6.45, 7) is 11.4. The van der Waals surface area contributed by atoms with Crippen LogP contribution in [0.1, 0.15) is 59.4 Å². The van der Waals surface area contributed by atoms with Crippen LogP contribution in [0.2, 0.25) is 0 Å². The van der Waals surface area contributed by atoms with E-state index < -0.39 is 12.3 Å². The van der Waals surface area contributed by atoms with E-state index >= 15 is 0 Å². The number of allylic oxidation sites excluding steroid dienone is 2. The molecule has 1 aromatic rings. The topological polar surface area (TPSA) is 35.5 Å². The Hall–Kier alpha value is -0.960. The molecular weight excluding hydrogens is 435 g/mol. The predicted octanol–water partition coefficient (Wildman–Crippen LogP) is 6.36. The standard InChI is InChI=1S/C27H37O3PS/c1-15(2)20-12-11-16(3)13-21(20)29-27-23-22(26(28)30-27)24-17(4)18(5)25(23)31(24,32)14-19-9-7-6-8-10-19/h6-10,15-16,20-25,27H,11-14H2,1-5H3/t16-,20+,21-,22?,23?,24+,25-,27-,31?/m1/s1. The van der Waals surface area contributed by atoms with Gasteiger partial charge < -0.3 is 9.47 Å². The van der Waals surface area contributed by atoms with Gasteiger partial charge in [0.1, 0.15) is 0 Å². The fourth-order valence-electron chi connectivity index (χ4n) is 7.33. The van der Waals surface area contributed by atoms with Gasteiger partial charge in [-0.25, -0.2) is 0 Å². The molecule has 5 heteroatoms. The normalized spacial score (nSPS) is 43.1. The Bertz CT molecular complexity index is 970. The highest BCUT2D eigenvalue weighted by Crippen LogP contribution is 2.78. The molecule has 4 aliphatic rings. The maximum absolute atomic E-state index is 13.2. The van der Waals surface area contributed by atoms with Crippen LogP contribution < -0.4 is 0 Å². The molecule has 9 atom stereocenters. The Balaban J connectivity index is 1.46. The number of fused-ring (bicyclic) bond motifs is 5. The molecule has 3 fully saturated rings. The minimum Gasteiger partial charge on any atom is -0.435 e. The van der Waals surface area contributed by atoms with Crippen molar-refractivity contribution in [2.45, 2.75) is 83.8 Å². The van der Waals surface area contributed by atoms with Gasteiger partial charge in [0.05, 0.1) is 12.0 Å². The van der Waals surface area contributed by atoms with Crippen LogP contribution in [0.15, 0.2) is 41.5 Å². The summed E-state index contributed by atoms with van der Waals surface area (Å²) in [5.74, 6) is 1.70. The minimum absolute atomic E-state index is 0.0633. The number of carbonyl (C=O) groups excluding carboxylic acids is 1. The Morgan fingerprint density at radius 1 is 1.12 bits per heavy atom. The lowest BCUT2D eigenvalue weighted by atomic mass is 9.75. The fraction of sp³-hybridized carbons (Fsp3) is 0.667. The third-order valence-corrected chi connectivity index (χ3v) is 14.9. The quantitative estimate of drug-likeness (QED) is 0.284. The van der Waals surface area contributed by atoms with Crippen LogP contribution in [-0.4, -0.2) is 29.7 Å². The van der Waals surface area contributed by atoms with Crippen molar-refractivity contribution in [1.82, 2.24) is 0 Å². The van der Waals surface area contributed by atoms with Gasteiger partial charge in [0, 0.05) is 23.4 Å². The molecule has 0 amide bonds. The number of cyclic esters (lactones) is 1. The van der Waals surface area contributed by atoms with Gasteiger partial charge in [-0.3, -0.25) is 4.79 Å². The van der Waals surface area contributed by atoms with Gasteiger partial charge in [0.15, 0.2) is 0 Å². The van der Waals surface area contributed by atoms with E-state index in [1.165, 1.54) is 29.6 Å². The third-order valence-electron chi connectivity index (χ3n) is 8.93. The molecule has 3 nitrogen and oxygen atoms in total. The van der Waals surface area contributed by atoms with Crippen LogP contribution in [0.25, 0.3) is 0 Å². The SMILES string of the molecule is CC1=C(C)[C@H]2C3C(=O)O[C@@H](O[C@@H]4C[C@H](C)CC[C@H]4C(C)C)C3[C@@H]1P2(=S)Cc1ccccc1. The summed E-state index contributed by atoms with van der Waals surface area (Å²) in [7, 11) is 0. The molecule has 2 bridgehead atoms. The number of rotatable bonds is 5. The van der Waals surface area contributed by atoms with E-state index in [1.54, 1.807) is 0 Å². The van der Waals surface area contributed by atoms with Crippen LogP contribution in [0, 0.1) is 29.6 Å². The molecule has 1 aromatic carbocycles. The summed E-state index contributed by atoms with van der Waals surface area (Å²) in [5, 5.41) is 0. The van der Waals surface area contributed by atoms with Crippen molar-refractivity contribution in [3.05, 3.63) is 47.0 Å². The van der Waals surface area contributed by atoms with Crippen molar-refractivity contribution in [2.75, 3.05) is 0 Å². The van der Waals surface area contributed by atoms with Crippen LogP contribution in [0.3, 0.4) is 0 Å². The summed E-state index contributed by atoms with van der Waals surface area (Å²) in [5.41, 5.74) is 4.53. The molecule has 3 heterocycles. The van der Waals surface area contributed by atoms with Crippen molar-refractivity contribution in [3.8, 4) is 0 Å². The monoisotopic (exact) mass is 472 g/mol. The summed E-state index contributed by atoms with van der Waals surface area (Å²) < 4.78 is 12.8. The van der Waals surface area contributed by atoms with Gasteiger partial charge in [-0.05, 0) is 56.0 Å². The third kappa shape index (κ3) is 3.48. The van der Waals surface area contributed by atoms with E-state index in [2.05, 4.69) is 65.0 Å². The minimum atomic E-state index is -1.85. The Morgan fingerprint density at radius 2 is 1.81 bits per heavy atom. The zero-order valence-corrected chi connectivity index (χ0v) is 21.7. The first-order valence-corrected chi connectivity index (χ1v) is 15.5. The zero-order chi connectivity index (χ0) is 22.8. The zero-order valence-electron chi connectivity index (χ0n) is 20.0. The number of hydrogen-bond acceptors (Lipinski definition) is 4. The summed E-state index contributed by atoms with van der Waals surface area (Å²) in [4.78, 5) is 13.2. The van der Waals surface area contributed by atoms with Gasteiger partial charge in [-0.2, -0.15) is 0 Å². The number of esters is 1. The van der Waals surface area contributed by atoms with Crippen molar-refractivity contribution in [2.24, 2.45) is 29.6 Å². The smallest absolute Gasteiger partial charge is 0.312 e. The summed E-state index contributed by atoms with van der Waals surface area (Å²) in [6.07, 6.45) is 4.20. The molecule has 5 rings (SSSR count). The largest absolute Gasteiger partial charge is 0.435 e. The maximum Gasteiger partial charge on any atom is 0.312 e. The van der Waals surface area contributed by atoms with Crippen molar-refractivity contribution in [1.29, 1.82) is 0 Å². The van der Waals surface area contributed by atoms with Gasteiger partial charge in [0.2, 0.25) is 6.29 Å². The Kier molecular flexibility index (Phi) is 5.96. The molecule has 32 heavy (non-hydrogen) atoms. The Morgan fingerprint density at radius 3 is 2.50 bits per heavy atom. The summed E-state index contributed by atoms with van der Waals surface area (Å²) in [6, 6.07) is 8.78.